The predicted molar refractivity (Wildman–Crippen MR) is 77.6 cm³/mol. The molecule has 0 fully saturated rings. The standard InChI is InChI=1S/C14H16N6O2/c1-3-10(21)7-20-8-12(17-19-20)14-16-13(18-22-14)11-6-9(2)4-5-15-11/h4-6,8,10,21H,3,7H2,1-2H3/t10-/m0/s1. The van der Waals surface area contributed by atoms with Crippen LogP contribution < -0.4 is 0 Å². The Morgan fingerprint density at radius 3 is 3.00 bits per heavy atom. The third kappa shape index (κ3) is 3.01. The highest BCUT2D eigenvalue weighted by atomic mass is 16.5. The largest absolute Gasteiger partial charge is 0.391 e. The second kappa shape index (κ2) is 6.02. The first-order valence-corrected chi connectivity index (χ1v) is 7.01. The molecule has 0 aliphatic rings. The van der Waals surface area contributed by atoms with Crippen LogP contribution in [0.4, 0.5) is 0 Å². The Labute approximate surface area is 126 Å². The fraction of sp³-hybridized carbons (Fsp3) is 0.357. The molecule has 3 rings (SSSR count). The Balaban J connectivity index is 1.82. The van der Waals surface area contributed by atoms with Crippen LogP contribution in [0.15, 0.2) is 29.0 Å². The summed E-state index contributed by atoms with van der Waals surface area (Å²) in [6, 6.07) is 3.78. The lowest BCUT2D eigenvalue weighted by Gasteiger charge is -2.05. The molecular formula is C14H16N6O2. The lowest BCUT2D eigenvalue weighted by Crippen LogP contribution is -2.15. The first-order chi connectivity index (χ1) is 10.7. The molecule has 3 heterocycles. The molecule has 3 aromatic rings. The molecule has 1 atom stereocenters. The lowest BCUT2D eigenvalue weighted by atomic mass is 10.2. The first-order valence-electron chi connectivity index (χ1n) is 7.01. The average molecular weight is 300 g/mol. The predicted octanol–water partition coefficient (Wildman–Crippen LogP) is 1.47. The van der Waals surface area contributed by atoms with Crippen molar-refractivity contribution in [2.24, 2.45) is 0 Å². The van der Waals surface area contributed by atoms with Gasteiger partial charge in [-0.3, -0.25) is 4.98 Å². The number of hydrogen-bond donors (Lipinski definition) is 1. The van der Waals surface area contributed by atoms with Crippen molar-refractivity contribution in [2.45, 2.75) is 32.9 Å². The summed E-state index contributed by atoms with van der Waals surface area (Å²) in [5, 5.41) is 21.5. The third-order valence-corrected chi connectivity index (χ3v) is 3.20. The van der Waals surface area contributed by atoms with Crippen molar-refractivity contribution < 1.29 is 9.63 Å². The van der Waals surface area contributed by atoms with Crippen LogP contribution in [-0.2, 0) is 6.54 Å². The SMILES string of the molecule is CC[C@H](O)Cn1cc(-c2nc(-c3cc(C)ccn3)no2)nn1. The zero-order valence-corrected chi connectivity index (χ0v) is 12.3. The molecule has 1 N–H and O–H groups in total. The van der Waals surface area contributed by atoms with E-state index >= 15 is 0 Å². The minimum absolute atomic E-state index is 0.274. The second-order valence-electron chi connectivity index (χ2n) is 5.03. The van der Waals surface area contributed by atoms with E-state index in [-0.39, 0.29) is 5.89 Å². The van der Waals surface area contributed by atoms with Gasteiger partial charge in [0.05, 0.1) is 18.8 Å². The molecule has 0 bridgehead atoms. The quantitative estimate of drug-likeness (QED) is 0.761. The van der Waals surface area contributed by atoms with Crippen molar-refractivity contribution in [1.29, 1.82) is 0 Å². The highest BCUT2D eigenvalue weighted by Crippen LogP contribution is 2.19. The summed E-state index contributed by atoms with van der Waals surface area (Å²) in [6.45, 7) is 4.25. The molecule has 3 aromatic heterocycles. The molecule has 0 amide bonds. The van der Waals surface area contributed by atoms with E-state index in [9.17, 15) is 5.11 Å². The van der Waals surface area contributed by atoms with Gasteiger partial charge < -0.3 is 9.63 Å². The Bertz CT molecular complexity index is 766. The molecule has 22 heavy (non-hydrogen) atoms. The highest BCUT2D eigenvalue weighted by Gasteiger charge is 2.15. The van der Waals surface area contributed by atoms with Crippen LogP contribution in [0.5, 0.6) is 0 Å². The molecule has 0 aromatic carbocycles. The average Bonchev–Trinajstić information content (AvgIpc) is 3.15. The topological polar surface area (TPSA) is 103 Å². The number of pyridine rings is 1. The maximum absolute atomic E-state index is 9.62. The van der Waals surface area contributed by atoms with Gasteiger partial charge in [0.1, 0.15) is 5.69 Å². The summed E-state index contributed by atoms with van der Waals surface area (Å²) in [4.78, 5) is 8.50. The van der Waals surface area contributed by atoms with Crippen LogP contribution in [0.2, 0.25) is 0 Å². The molecule has 0 unspecified atom stereocenters. The van der Waals surface area contributed by atoms with E-state index in [0.29, 0.717) is 30.2 Å². The van der Waals surface area contributed by atoms with Crippen LogP contribution in [0.3, 0.4) is 0 Å². The van der Waals surface area contributed by atoms with Crippen molar-refractivity contribution >= 4 is 0 Å². The molecule has 0 aliphatic heterocycles. The smallest absolute Gasteiger partial charge is 0.280 e. The van der Waals surface area contributed by atoms with E-state index in [1.54, 1.807) is 17.1 Å². The summed E-state index contributed by atoms with van der Waals surface area (Å²) in [5.74, 6) is 0.678. The fourth-order valence-electron chi connectivity index (χ4n) is 1.92. The van der Waals surface area contributed by atoms with Gasteiger partial charge >= 0.3 is 0 Å². The van der Waals surface area contributed by atoms with Gasteiger partial charge in [0.2, 0.25) is 5.82 Å². The van der Waals surface area contributed by atoms with Gasteiger partial charge in [0, 0.05) is 6.20 Å². The maximum Gasteiger partial charge on any atom is 0.280 e. The molecule has 0 saturated heterocycles. The van der Waals surface area contributed by atoms with Gasteiger partial charge in [0.15, 0.2) is 5.69 Å². The van der Waals surface area contributed by atoms with Crippen molar-refractivity contribution in [1.82, 2.24) is 30.1 Å². The molecule has 0 aliphatic carbocycles. The van der Waals surface area contributed by atoms with Gasteiger partial charge in [-0.05, 0) is 31.0 Å². The van der Waals surface area contributed by atoms with Crippen molar-refractivity contribution in [3.8, 4) is 23.1 Å². The normalized spacial score (nSPS) is 12.5. The van der Waals surface area contributed by atoms with Crippen LogP contribution in [0.25, 0.3) is 23.1 Å². The zero-order chi connectivity index (χ0) is 15.5. The molecule has 8 nitrogen and oxygen atoms in total. The Morgan fingerprint density at radius 1 is 1.36 bits per heavy atom. The Morgan fingerprint density at radius 2 is 2.23 bits per heavy atom. The minimum atomic E-state index is -0.454. The second-order valence-corrected chi connectivity index (χ2v) is 5.03. The van der Waals surface area contributed by atoms with Crippen LogP contribution in [0, 0.1) is 6.92 Å². The number of hydrogen-bond acceptors (Lipinski definition) is 7. The van der Waals surface area contributed by atoms with Crippen LogP contribution in [0.1, 0.15) is 18.9 Å². The lowest BCUT2D eigenvalue weighted by molar-refractivity contribution is 0.144. The number of aliphatic hydroxyl groups is 1. The number of aromatic nitrogens is 6. The van der Waals surface area contributed by atoms with Crippen LogP contribution >= 0.6 is 0 Å². The number of nitrogens with zero attached hydrogens (tertiary/aromatic N) is 6. The zero-order valence-electron chi connectivity index (χ0n) is 12.3. The third-order valence-electron chi connectivity index (χ3n) is 3.20. The van der Waals surface area contributed by atoms with Gasteiger partial charge in [0.25, 0.3) is 5.89 Å². The van der Waals surface area contributed by atoms with E-state index in [1.165, 1.54) is 0 Å². The summed E-state index contributed by atoms with van der Waals surface area (Å²) in [7, 11) is 0. The van der Waals surface area contributed by atoms with E-state index < -0.39 is 6.10 Å². The molecule has 0 radical (unpaired) electrons. The molecule has 0 saturated carbocycles. The van der Waals surface area contributed by atoms with Crippen LogP contribution in [-0.4, -0.2) is 41.3 Å². The molecule has 114 valence electrons. The van der Waals surface area contributed by atoms with Gasteiger partial charge in [-0.25, -0.2) is 4.68 Å². The molecule has 0 spiro atoms. The molecular weight excluding hydrogens is 284 g/mol. The van der Waals surface area contributed by atoms with E-state index in [4.69, 9.17) is 4.52 Å². The van der Waals surface area contributed by atoms with Gasteiger partial charge in [-0.2, -0.15) is 4.98 Å². The summed E-state index contributed by atoms with van der Waals surface area (Å²) in [5.41, 5.74) is 2.18. The molecule has 8 heteroatoms. The maximum atomic E-state index is 9.62. The van der Waals surface area contributed by atoms with E-state index in [0.717, 1.165) is 5.56 Å². The van der Waals surface area contributed by atoms with Crippen molar-refractivity contribution in [3.05, 3.63) is 30.1 Å². The number of aliphatic hydroxyl groups excluding tert-OH is 1. The Hall–Kier alpha value is -2.61. The number of rotatable bonds is 5. The van der Waals surface area contributed by atoms with E-state index in [2.05, 4.69) is 25.4 Å². The van der Waals surface area contributed by atoms with Gasteiger partial charge in [-0.15, -0.1) is 5.10 Å². The van der Waals surface area contributed by atoms with E-state index in [1.807, 2.05) is 26.0 Å². The Kier molecular flexibility index (Phi) is 3.92. The fourth-order valence-corrected chi connectivity index (χ4v) is 1.92. The van der Waals surface area contributed by atoms with Crippen molar-refractivity contribution in [3.63, 3.8) is 0 Å². The van der Waals surface area contributed by atoms with Gasteiger partial charge in [-0.1, -0.05) is 17.3 Å². The summed E-state index contributed by atoms with van der Waals surface area (Å²) < 4.78 is 6.76. The minimum Gasteiger partial charge on any atom is -0.391 e. The summed E-state index contributed by atoms with van der Waals surface area (Å²) in [6.07, 6.45) is 3.56. The monoisotopic (exact) mass is 300 g/mol. The van der Waals surface area contributed by atoms with Crippen molar-refractivity contribution in [2.75, 3.05) is 0 Å². The first kappa shape index (κ1) is 14.3. The number of aryl methyl sites for hydroxylation is 1. The summed E-state index contributed by atoms with van der Waals surface area (Å²) >= 11 is 0. The highest BCUT2D eigenvalue weighted by molar-refractivity contribution is 5.53.